The summed E-state index contributed by atoms with van der Waals surface area (Å²) in [5.74, 6) is 0.905. The molecule has 1 rings (SSSR count). The number of nitrogens with two attached hydrogens (primary N) is 1. The highest BCUT2D eigenvalue weighted by molar-refractivity contribution is 5.28. The summed E-state index contributed by atoms with van der Waals surface area (Å²) in [6, 6.07) is 8.52. The molecule has 0 spiro atoms. The summed E-state index contributed by atoms with van der Waals surface area (Å²) in [4.78, 5) is 2.15. The molecule has 0 aliphatic rings. The molecule has 3 nitrogen and oxygen atoms in total. The fraction of sp³-hybridized carbons (Fsp3) is 0.500. The minimum Gasteiger partial charge on any atom is -0.497 e. The van der Waals surface area contributed by atoms with Crippen molar-refractivity contribution in [2.24, 2.45) is 5.73 Å². The predicted molar refractivity (Wildman–Crippen MR) is 63.2 cm³/mol. The lowest BCUT2D eigenvalue weighted by atomic mass is 10.1. The van der Waals surface area contributed by atoms with Gasteiger partial charge in [0.1, 0.15) is 5.75 Å². The second-order valence-electron chi connectivity index (χ2n) is 3.91. The first kappa shape index (κ1) is 12.0. The van der Waals surface area contributed by atoms with E-state index in [1.54, 1.807) is 7.11 Å². The molecule has 0 fully saturated rings. The molecule has 3 heteroatoms. The zero-order valence-corrected chi connectivity index (χ0v) is 9.73. The quantitative estimate of drug-likeness (QED) is 0.788. The lowest BCUT2D eigenvalue weighted by Gasteiger charge is -2.22. The Morgan fingerprint density at radius 1 is 1.40 bits per heavy atom. The van der Waals surface area contributed by atoms with Gasteiger partial charge < -0.3 is 15.4 Å². The molecule has 2 N–H and O–H groups in total. The van der Waals surface area contributed by atoms with Crippen molar-refractivity contribution in [3.05, 3.63) is 29.8 Å². The summed E-state index contributed by atoms with van der Waals surface area (Å²) in [7, 11) is 5.79. The third kappa shape index (κ3) is 3.53. The van der Waals surface area contributed by atoms with Gasteiger partial charge in [-0.05, 0) is 38.2 Å². The highest BCUT2D eigenvalue weighted by Crippen LogP contribution is 2.14. The maximum absolute atomic E-state index is 5.72. The number of benzene rings is 1. The van der Waals surface area contributed by atoms with Gasteiger partial charge in [-0.2, -0.15) is 0 Å². The van der Waals surface area contributed by atoms with Gasteiger partial charge in [-0.25, -0.2) is 0 Å². The van der Waals surface area contributed by atoms with Gasteiger partial charge in [0, 0.05) is 12.6 Å². The van der Waals surface area contributed by atoms with Gasteiger partial charge in [0.2, 0.25) is 0 Å². The van der Waals surface area contributed by atoms with Gasteiger partial charge in [0.05, 0.1) is 7.11 Å². The predicted octanol–water partition coefficient (Wildman–Crippen LogP) is 1.13. The third-order valence-corrected chi connectivity index (χ3v) is 2.61. The van der Waals surface area contributed by atoms with E-state index in [0.717, 1.165) is 12.2 Å². The standard InChI is InChI=1S/C12H20N2O/c1-14(2)11(9-13)7-10-5-4-6-12(8-10)15-3/h4-6,8,11H,7,9,13H2,1-3H3/t11-/m1/s1. The van der Waals surface area contributed by atoms with Crippen molar-refractivity contribution in [1.82, 2.24) is 4.90 Å². The van der Waals surface area contributed by atoms with E-state index in [-0.39, 0.29) is 0 Å². The molecule has 0 aliphatic carbocycles. The summed E-state index contributed by atoms with van der Waals surface area (Å²) in [5, 5.41) is 0. The van der Waals surface area contributed by atoms with Gasteiger partial charge in [0.15, 0.2) is 0 Å². The maximum Gasteiger partial charge on any atom is 0.119 e. The largest absolute Gasteiger partial charge is 0.497 e. The van der Waals surface area contributed by atoms with E-state index in [4.69, 9.17) is 10.5 Å². The normalized spacial score (nSPS) is 12.9. The molecule has 1 aromatic rings. The highest BCUT2D eigenvalue weighted by atomic mass is 16.5. The Morgan fingerprint density at radius 3 is 2.67 bits per heavy atom. The number of nitrogens with zero attached hydrogens (tertiary/aromatic N) is 1. The highest BCUT2D eigenvalue weighted by Gasteiger charge is 2.10. The molecule has 0 saturated heterocycles. The second kappa shape index (κ2) is 5.73. The van der Waals surface area contributed by atoms with Crippen LogP contribution in [0.25, 0.3) is 0 Å². The van der Waals surface area contributed by atoms with Crippen LogP contribution >= 0.6 is 0 Å². The van der Waals surface area contributed by atoms with Crippen LogP contribution < -0.4 is 10.5 Å². The molecule has 0 unspecified atom stereocenters. The van der Waals surface area contributed by atoms with Gasteiger partial charge >= 0.3 is 0 Å². The van der Waals surface area contributed by atoms with Crippen LogP contribution in [0.4, 0.5) is 0 Å². The van der Waals surface area contributed by atoms with Gasteiger partial charge in [0.25, 0.3) is 0 Å². The molecule has 0 radical (unpaired) electrons. The van der Waals surface area contributed by atoms with E-state index in [1.807, 2.05) is 12.1 Å². The number of rotatable bonds is 5. The average Bonchev–Trinajstić information content (AvgIpc) is 2.25. The van der Waals surface area contributed by atoms with Crippen LogP contribution in [-0.2, 0) is 6.42 Å². The van der Waals surface area contributed by atoms with E-state index in [2.05, 4.69) is 31.1 Å². The molecule has 0 heterocycles. The van der Waals surface area contributed by atoms with Crippen LogP contribution in [0.3, 0.4) is 0 Å². The van der Waals surface area contributed by atoms with Gasteiger partial charge in [-0.15, -0.1) is 0 Å². The summed E-state index contributed by atoms with van der Waals surface area (Å²) in [5.41, 5.74) is 6.98. The minimum atomic E-state index is 0.386. The van der Waals surface area contributed by atoms with Crippen molar-refractivity contribution in [2.45, 2.75) is 12.5 Å². The second-order valence-corrected chi connectivity index (χ2v) is 3.91. The van der Waals surface area contributed by atoms with Crippen molar-refractivity contribution < 1.29 is 4.74 Å². The van der Waals surface area contributed by atoms with E-state index in [1.165, 1.54) is 5.56 Å². The zero-order valence-electron chi connectivity index (χ0n) is 9.73. The Morgan fingerprint density at radius 2 is 2.13 bits per heavy atom. The molecule has 0 aliphatic heterocycles. The van der Waals surface area contributed by atoms with Crippen molar-refractivity contribution in [1.29, 1.82) is 0 Å². The topological polar surface area (TPSA) is 38.5 Å². The summed E-state index contributed by atoms with van der Waals surface area (Å²) in [6.07, 6.45) is 0.959. The first-order chi connectivity index (χ1) is 7.17. The molecule has 0 amide bonds. The van der Waals surface area contributed by atoms with Crippen molar-refractivity contribution in [2.75, 3.05) is 27.7 Å². The van der Waals surface area contributed by atoms with Crippen LogP contribution in [0, 0.1) is 0 Å². The number of hydrogen-bond donors (Lipinski definition) is 1. The smallest absolute Gasteiger partial charge is 0.119 e. The number of likely N-dealkylation sites (N-methyl/N-ethyl adjacent to an activating group) is 1. The van der Waals surface area contributed by atoms with E-state index in [9.17, 15) is 0 Å². The molecule has 0 bridgehead atoms. The molecular weight excluding hydrogens is 188 g/mol. The molecule has 0 saturated carbocycles. The van der Waals surface area contributed by atoms with Crippen molar-refractivity contribution in [3.8, 4) is 5.75 Å². The van der Waals surface area contributed by atoms with Crippen LogP contribution in [0.1, 0.15) is 5.56 Å². The molecule has 0 aromatic heterocycles. The number of methoxy groups -OCH3 is 1. The van der Waals surface area contributed by atoms with Crippen LogP contribution in [-0.4, -0.2) is 38.7 Å². The fourth-order valence-electron chi connectivity index (χ4n) is 1.55. The molecule has 15 heavy (non-hydrogen) atoms. The van der Waals surface area contributed by atoms with Gasteiger partial charge in [-0.1, -0.05) is 12.1 Å². The lowest BCUT2D eigenvalue weighted by Crippen LogP contribution is -2.36. The molecule has 1 atom stereocenters. The molecular formula is C12H20N2O. The van der Waals surface area contributed by atoms with E-state index >= 15 is 0 Å². The Kier molecular flexibility index (Phi) is 4.59. The Bertz CT molecular complexity index is 299. The Hall–Kier alpha value is -1.06. The summed E-state index contributed by atoms with van der Waals surface area (Å²) in [6.45, 7) is 0.671. The Balaban J connectivity index is 2.70. The van der Waals surface area contributed by atoms with Gasteiger partial charge in [-0.3, -0.25) is 0 Å². The fourth-order valence-corrected chi connectivity index (χ4v) is 1.55. The third-order valence-electron chi connectivity index (χ3n) is 2.61. The first-order valence-electron chi connectivity index (χ1n) is 5.16. The minimum absolute atomic E-state index is 0.386. The van der Waals surface area contributed by atoms with E-state index < -0.39 is 0 Å². The lowest BCUT2D eigenvalue weighted by molar-refractivity contribution is 0.297. The van der Waals surface area contributed by atoms with Crippen molar-refractivity contribution in [3.63, 3.8) is 0 Å². The molecule has 1 aromatic carbocycles. The van der Waals surface area contributed by atoms with Crippen LogP contribution in [0.2, 0.25) is 0 Å². The van der Waals surface area contributed by atoms with Crippen molar-refractivity contribution >= 4 is 0 Å². The number of hydrogen-bond acceptors (Lipinski definition) is 3. The monoisotopic (exact) mass is 208 g/mol. The van der Waals surface area contributed by atoms with Crippen LogP contribution in [0.15, 0.2) is 24.3 Å². The first-order valence-corrected chi connectivity index (χ1v) is 5.16. The van der Waals surface area contributed by atoms with Crippen LogP contribution in [0.5, 0.6) is 5.75 Å². The SMILES string of the molecule is COc1cccc(C[C@H](CN)N(C)C)c1. The summed E-state index contributed by atoms with van der Waals surface area (Å²) < 4.78 is 5.19. The van der Waals surface area contributed by atoms with E-state index in [0.29, 0.717) is 12.6 Å². The summed E-state index contributed by atoms with van der Waals surface area (Å²) >= 11 is 0. The molecule has 84 valence electrons. The number of ether oxygens (including phenoxy) is 1. The average molecular weight is 208 g/mol. The maximum atomic E-state index is 5.72. The Labute approximate surface area is 91.8 Å². The zero-order chi connectivity index (χ0) is 11.3.